The molecule has 0 fully saturated rings. The molecule has 3 N–H and O–H groups in total. The van der Waals surface area contributed by atoms with Crippen molar-refractivity contribution in [1.29, 1.82) is 0 Å². The lowest BCUT2D eigenvalue weighted by atomic mass is 10.1. The van der Waals surface area contributed by atoms with E-state index >= 15 is 0 Å². The van der Waals surface area contributed by atoms with Gasteiger partial charge in [0.05, 0.1) is 0 Å². The van der Waals surface area contributed by atoms with E-state index in [1.807, 2.05) is 0 Å². The molecule has 26 heavy (non-hydrogen) atoms. The topological polar surface area (TPSA) is 63.3 Å². The fraction of sp³-hybridized carbons (Fsp3) is 0.870. The number of allylic oxidation sites excluding steroid dienone is 2. The van der Waals surface area contributed by atoms with Crippen LogP contribution in [0.2, 0.25) is 0 Å². The zero-order valence-corrected chi connectivity index (χ0v) is 18.0. The lowest BCUT2D eigenvalue weighted by Gasteiger charge is -1.99. The summed E-state index contributed by atoms with van der Waals surface area (Å²) >= 11 is 0. The van der Waals surface area contributed by atoms with Gasteiger partial charge in [-0.3, -0.25) is 4.79 Å². The number of unbranched alkanes of at least 4 members (excludes halogenated alkanes) is 11. The smallest absolute Gasteiger partial charge is 0.217 e. The third-order valence-electron chi connectivity index (χ3n) is 4.39. The molecule has 0 rings (SSSR count). The summed E-state index contributed by atoms with van der Waals surface area (Å²) < 4.78 is 0. The number of hydrogen-bond donors (Lipinski definition) is 2. The highest BCUT2D eigenvalue weighted by atomic mass is 16.3. The van der Waals surface area contributed by atoms with E-state index in [2.05, 4.69) is 32.9 Å². The monoisotopic (exact) mass is 369 g/mol. The first-order valence-corrected chi connectivity index (χ1v) is 11.1. The zero-order valence-electron chi connectivity index (χ0n) is 18.0. The van der Waals surface area contributed by atoms with Crippen LogP contribution in [-0.4, -0.2) is 17.6 Å². The van der Waals surface area contributed by atoms with Gasteiger partial charge in [-0.05, 0) is 44.4 Å². The minimum atomic E-state index is -0.164. The van der Waals surface area contributed by atoms with E-state index in [1.165, 1.54) is 70.6 Å². The molecule has 0 bridgehead atoms. The molecule has 0 atom stereocenters. The number of rotatable bonds is 17. The van der Waals surface area contributed by atoms with Crippen LogP contribution in [0.3, 0.4) is 0 Å². The zero-order chi connectivity index (χ0) is 19.9. The van der Waals surface area contributed by atoms with E-state index in [1.54, 1.807) is 0 Å². The summed E-state index contributed by atoms with van der Waals surface area (Å²) in [4.78, 5) is 10.5. The first-order chi connectivity index (χ1) is 12.5. The van der Waals surface area contributed by atoms with Crippen molar-refractivity contribution in [2.75, 3.05) is 6.61 Å². The standard InChI is InChI=1S/C18H35NO.C5H12O/c1-2-3-4-5-6-7-8-9-10-11-12-13-14-15-16-17-18(19)20;1-5(2)3-4-6/h9-10H,2-8,11-17H2,1H3,(H2,19,20);5-6H,3-4H2,1-2H3/b10-9-;. The number of hydrogen-bond acceptors (Lipinski definition) is 2. The Morgan fingerprint density at radius 3 is 1.69 bits per heavy atom. The van der Waals surface area contributed by atoms with Crippen molar-refractivity contribution >= 4 is 5.91 Å². The first kappa shape index (κ1) is 27.4. The second-order valence-electron chi connectivity index (χ2n) is 7.71. The predicted octanol–water partition coefficient (Wildman–Crippen LogP) is 6.53. The largest absolute Gasteiger partial charge is 0.396 e. The maximum Gasteiger partial charge on any atom is 0.217 e. The maximum absolute atomic E-state index is 10.5. The molecule has 3 heteroatoms. The Morgan fingerprint density at radius 2 is 1.31 bits per heavy atom. The molecule has 0 heterocycles. The average molecular weight is 370 g/mol. The summed E-state index contributed by atoms with van der Waals surface area (Å²) in [6.45, 7) is 6.78. The minimum Gasteiger partial charge on any atom is -0.396 e. The predicted molar refractivity (Wildman–Crippen MR) is 115 cm³/mol. The molecule has 0 saturated carbocycles. The Kier molecular flexibility index (Phi) is 25.5. The number of carbonyl (C=O) groups excluding carboxylic acids is 1. The van der Waals surface area contributed by atoms with Crippen molar-refractivity contribution in [3.05, 3.63) is 12.2 Å². The van der Waals surface area contributed by atoms with Gasteiger partial charge in [0, 0.05) is 13.0 Å². The Hall–Kier alpha value is -0.830. The van der Waals surface area contributed by atoms with Crippen molar-refractivity contribution < 1.29 is 9.90 Å². The fourth-order valence-corrected chi connectivity index (χ4v) is 2.63. The summed E-state index contributed by atoms with van der Waals surface area (Å²) in [6.07, 6.45) is 22.9. The summed E-state index contributed by atoms with van der Waals surface area (Å²) in [6, 6.07) is 0. The number of aliphatic hydroxyl groups excluding tert-OH is 1. The van der Waals surface area contributed by atoms with Crippen LogP contribution in [0.1, 0.15) is 117 Å². The van der Waals surface area contributed by atoms with Crippen LogP contribution in [0.15, 0.2) is 12.2 Å². The van der Waals surface area contributed by atoms with E-state index in [9.17, 15) is 4.79 Å². The highest BCUT2D eigenvalue weighted by Gasteiger charge is 1.94. The van der Waals surface area contributed by atoms with E-state index in [0.29, 0.717) is 18.9 Å². The van der Waals surface area contributed by atoms with E-state index in [0.717, 1.165) is 19.3 Å². The van der Waals surface area contributed by atoms with Gasteiger partial charge >= 0.3 is 0 Å². The Bertz CT molecular complexity index is 301. The van der Waals surface area contributed by atoms with Gasteiger partial charge in [-0.1, -0.05) is 84.3 Å². The number of aliphatic hydroxyl groups is 1. The number of amides is 1. The molecule has 0 unspecified atom stereocenters. The molecule has 0 aromatic carbocycles. The van der Waals surface area contributed by atoms with Gasteiger partial charge in [0.1, 0.15) is 0 Å². The lowest BCUT2D eigenvalue weighted by Crippen LogP contribution is -2.09. The molecule has 0 radical (unpaired) electrons. The number of primary amides is 1. The van der Waals surface area contributed by atoms with Crippen LogP contribution in [0, 0.1) is 5.92 Å². The molecule has 0 aliphatic rings. The van der Waals surface area contributed by atoms with Gasteiger partial charge in [-0.2, -0.15) is 0 Å². The molecule has 0 spiro atoms. The van der Waals surface area contributed by atoms with Crippen LogP contribution < -0.4 is 5.73 Å². The number of nitrogens with two attached hydrogens (primary N) is 1. The van der Waals surface area contributed by atoms with Crippen molar-refractivity contribution in [2.24, 2.45) is 11.7 Å². The molecule has 3 nitrogen and oxygen atoms in total. The molecule has 0 saturated heterocycles. The summed E-state index contributed by atoms with van der Waals surface area (Å²) in [7, 11) is 0. The molecule has 1 amide bonds. The van der Waals surface area contributed by atoms with Crippen molar-refractivity contribution in [3.8, 4) is 0 Å². The first-order valence-electron chi connectivity index (χ1n) is 11.1. The molecule has 0 aliphatic heterocycles. The van der Waals surface area contributed by atoms with Gasteiger partial charge in [-0.15, -0.1) is 0 Å². The average Bonchev–Trinajstić information content (AvgIpc) is 2.58. The van der Waals surface area contributed by atoms with Gasteiger partial charge in [0.2, 0.25) is 5.91 Å². The lowest BCUT2D eigenvalue weighted by molar-refractivity contribution is -0.118. The summed E-state index contributed by atoms with van der Waals surface area (Å²) in [5.41, 5.74) is 5.10. The summed E-state index contributed by atoms with van der Waals surface area (Å²) in [5.74, 6) is 0.484. The second-order valence-corrected chi connectivity index (χ2v) is 7.71. The van der Waals surface area contributed by atoms with Crippen LogP contribution in [0.5, 0.6) is 0 Å². The third kappa shape index (κ3) is 31.0. The normalized spacial score (nSPS) is 11.0. The third-order valence-corrected chi connectivity index (χ3v) is 4.39. The van der Waals surface area contributed by atoms with Gasteiger partial charge in [0.15, 0.2) is 0 Å². The van der Waals surface area contributed by atoms with Crippen molar-refractivity contribution in [3.63, 3.8) is 0 Å². The van der Waals surface area contributed by atoms with Crippen molar-refractivity contribution in [1.82, 2.24) is 0 Å². The maximum atomic E-state index is 10.5. The highest BCUT2D eigenvalue weighted by molar-refractivity contribution is 5.73. The van der Waals surface area contributed by atoms with Gasteiger partial charge in [-0.25, -0.2) is 0 Å². The van der Waals surface area contributed by atoms with Gasteiger partial charge in [0.25, 0.3) is 0 Å². The molecule has 0 aromatic rings. The van der Waals surface area contributed by atoms with E-state index < -0.39 is 0 Å². The highest BCUT2D eigenvalue weighted by Crippen LogP contribution is 2.09. The molecule has 156 valence electrons. The van der Waals surface area contributed by atoms with Crippen LogP contribution in [0.25, 0.3) is 0 Å². The van der Waals surface area contributed by atoms with E-state index in [4.69, 9.17) is 10.8 Å². The number of carbonyl (C=O) groups is 1. The molecular weight excluding hydrogens is 322 g/mol. The Balaban J connectivity index is 0. The Morgan fingerprint density at radius 1 is 0.846 bits per heavy atom. The quantitative estimate of drug-likeness (QED) is 0.226. The molecular formula is C23H47NO2. The van der Waals surface area contributed by atoms with Crippen molar-refractivity contribution in [2.45, 2.75) is 117 Å². The minimum absolute atomic E-state index is 0.164. The Labute approximate surface area is 163 Å². The SMILES string of the molecule is CC(C)CCO.CCCCCCCC/C=C\CCCCCCCC(N)=O. The van der Waals surface area contributed by atoms with Crippen LogP contribution >= 0.6 is 0 Å². The molecule has 0 aliphatic carbocycles. The van der Waals surface area contributed by atoms with E-state index in [-0.39, 0.29) is 5.91 Å². The van der Waals surface area contributed by atoms with Crippen LogP contribution in [0.4, 0.5) is 0 Å². The van der Waals surface area contributed by atoms with Crippen LogP contribution in [-0.2, 0) is 4.79 Å². The fourth-order valence-electron chi connectivity index (χ4n) is 2.63. The summed E-state index contributed by atoms with van der Waals surface area (Å²) in [5, 5.41) is 8.24. The second kappa shape index (κ2) is 24.2. The molecule has 0 aromatic heterocycles. The van der Waals surface area contributed by atoms with Gasteiger partial charge < -0.3 is 10.8 Å².